The molecule has 160 valence electrons. The van der Waals surface area contributed by atoms with E-state index in [1.54, 1.807) is 32.2 Å². The number of nitrogens with one attached hydrogen (secondary N) is 1. The van der Waals surface area contributed by atoms with Gasteiger partial charge < -0.3 is 10.1 Å². The third kappa shape index (κ3) is 4.92. The van der Waals surface area contributed by atoms with Gasteiger partial charge in [-0.25, -0.2) is 9.97 Å². The SMILES string of the molecule is CC(C)c1sc(Nc2cccnc2Oc2ccccc2C(C)(C)C)nc1C(F)(F)F. The number of ether oxygens (including phenoxy) is 1. The molecule has 0 atom stereocenters. The Hall–Kier alpha value is -2.61. The number of halogens is 3. The molecule has 0 fully saturated rings. The van der Waals surface area contributed by atoms with Crippen molar-refractivity contribution in [1.82, 2.24) is 9.97 Å². The molecule has 0 aliphatic rings. The molecule has 0 spiro atoms. The number of hydrogen-bond acceptors (Lipinski definition) is 5. The van der Waals surface area contributed by atoms with Crippen LogP contribution in [0.1, 0.15) is 56.7 Å². The Morgan fingerprint density at radius 1 is 1.03 bits per heavy atom. The average molecular weight is 436 g/mol. The van der Waals surface area contributed by atoms with Crippen LogP contribution in [0, 0.1) is 0 Å². The Morgan fingerprint density at radius 3 is 2.33 bits per heavy atom. The van der Waals surface area contributed by atoms with Crippen LogP contribution in [0.4, 0.5) is 24.0 Å². The summed E-state index contributed by atoms with van der Waals surface area (Å²) in [4.78, 5) is 8.27. The second kappa shape index (κ2) is 8.26. The van der Waals surface area contributed by atoms with Crippen LogP contribution in [0.3, 0.4) is 0 Å². The number of alkyl halides is 3. The van der Waals surface area contributed by atoms with Crippen molar-refractivity contribution in [2.75, 3.05) is 5.32 Å². The average Bonchev–Trinajstić information content (AvgIpc) is 3.08. The maximum Gasteiger partial charge on any atom is 0.434 e. The van der Waals surface area contributed by atoms with Crippen molar-refractivity contribution in [2.45, 2.75) is 52.1 Å². The molecule has 0 aliphatic carbocycles. The molecule has 2 aromatic heterocycles. The highest BCUT2D eigenvalue weighted by atomic mass is 32.1. The second-order valence-corrected chi connectivity index (χ2v) is 9.24. The number of benzene rings is 1. The molecule has 0 amide bonds. The first kappa shape index (κ1) is 22.1. The molecule has 0 bridgehead atoms. The van der Waals surface area contributed by atoms with Gasteiger partial charge in [0.1, 0.15) is 11.4 Å². The van der Waals surface area contributed by atoms with E-state index in [-0.39, 0.29) is 27.2 Å². The zero-order chi connectivity index (χ0) is 22.1. The standard InChI is InChI=1S/C22H24F3N3OS/c1-13(2)17-18(22(23,24)25)28-20(30-17)27-15-10-8-12-26-19(15)29-16-11-7-6-9-14(16)21(3,4)5/h6-13H,1-5H3,(H,27,28). The molecule has 0 radical (unpaired) electrons. The number of pyridine rings is 1. The molecule has 3 aromatic rings. The van der Waals surface area contributed by atoms with Gasteiger partial charge in [-0.15, -0.1) is 11.3 Å². The summed E-state index contributed by atoms with van der Waals surface area (Å²) in [7, 11) is 0. The van der Waals surface area contributed by atoms with Crippen molar-refractivity contribution < 1.29 is 17.9 Å². The zero-order valence-corrected chi connectivity index (χ0v) is 18.3. The topological polar surface area (TPSA) is 47.0 Å². The Balaban J connectivity index is 1.95. The number of anilines is 2. The lowest BCUT2D eigenvalue weighted by Crippen LogP contribution is -2.12. The van der Waals surface area contributed by atoms with Crippen LogP contribution in [-0.2, 0) is 11.6 Å². The minimum Gasteiger partial charge on any atom is -0.437 e. The molecule has 2 heterocycles. The van der Waals surface area contributed by atoms with E-state index in [1.165, 1.54) is 0 Å². The molecule has 0 aliphatic heterocycles. The predicted octanol–water partition coefficient (Wildman–Crippen LogP) is 7.51. The number of para-hydroxylation sites is 1. The maximum atomic E-state index is 13.4. The summed E-state index contributed by atoms with van der Waals surface area (Å²) in [5.74, 6) is 0.617. The molecule has 4 nitrogen and oxygen atoms in total. The summed E-state index contributed by atoms with van der Waals surface area (Å²) >= 11 is 0.986. The van der Waals surface area contributed by atoms with E-state index < -0.39 is 11.9 Å². The normalized spacial score (nSPS) is 12.3. The fourth-order valence-electron chi connectivity index (χ4n) is 2.94. The van der Waals surface area contributed by atoms with Crippen molar-refractivity contribution >= 4 is 22.2 Å². The van der Waals surface area contributed by atoms with Crippen LogP contribution < -0.4 is 10.1 Å². The Labute approximate surface area is 178 Å². The maximum absolute atomic E-state index is 13.4. The second-order valence-electron chi connectivity index (χ2n) is 8.21. The Kier molecular flexibility index (Phi) is 6.08. The van der Waals surface area contributed by atoms with Crippen LogP contribution in [0.2, 0.25) is 0 Å². The molecular weight excluding hydrogens is 411 g/mol. The summed E-state index contributed by atoms with van der Waals surface area (Å²) in [5.41, 5.74) is 0.438. The lowest BCUT2D eigenvalue weighted by molar-refractivity contribution is -0.141. The van der Waals surface area contributed by atoms with Gasteiger partial charge in [0.15, 0.2) is 10.8 Å². The molecule has 8 heteroatoms. The van der Waals surface area contributed by atoms with Gasteiger partial charge in [-0.1, -0.05) is 52.8 Å². The van der Waals surface area contributed by atoms with Crippen LogP contribution in [0.25, 0.3) is 0 Å². The van der Waals surface area contributed by atoms with E-state index in [4.69, 9.17) is 4.74 Å². The van der Waals surface area contributed by atoms with Gasteiger partial charge in [-0.2, -0.15) is 13.2 Å². The quantitative estimate of drug-likeness (QED) is 0.450. The number of hydrogen-bond donors (Lipinski definition) is 1. The summed E-state index contributed by atoms with van der Waals surface area (Å²) in [5, 5.41) is 3.10. The van der Waals surface area contributed by atoms with Crippen LogP contribution in [0.15, 0.2) is 42.6 Å². The molecule has 30 heavy (non-hydrogen) atoms. The Morgan fingerprint density at radius 2 is 1.73 bits per heavy atom. The molecule has 0 saturated carbocycles. The number of thiazole rings is 1. The number of nitrogens with zero attached hydrogens (tertiary/aromatic N) is 2. The fourth-order valence-corrected chi connectivity index (χ4v) is 3.94. The monoisotopic (exact) mass is 435 g/mol. The van der Waals surface area contributed by atoms with Crippen LogP contribution in [-0.4, -0.2) is 9.97 Å². The molecular formula is C22H24F3N3OS. The van der Waals surface area contributed by atoms with Gasteiger partial charge in [0, 0.05) is 16.6 Å². The van der Waals surface area contributed by atoms with Crippen LogP contribution >= 0.6 is 11.3 Å². The molecule has 0 unspecified atom stereocenters. The number of rotatable bonds is 5. The first-order valence-corrected chi connectivity index (χ1v) is 10.4. The zero-order valence-electron chi connectivity index (χ0n) is 17.5. The van der Waals surface area contributed by atoms with Crippen molar-refractivity contribution in [2.24, 2.45) is 0 Å². The van der Waals surface area contributed by atoms with Gasteiger partial charge in [-0.05, 0) is 29.5 Å². The first-order valence-electron chi connectivity index (χ1n) is 9.54. The first-order chi connectivity index (χ1) is 14.0. The molecule has 3 rings (SSSR count). The summed E-state index contributed by atoms with van der Waals surface area (Å²) in [6.07, 6.45) is -2.93. The van der Waals surface area contributed by atoms with Crippen molar-refractivity contribution in [3.05, 3.63) is 58.7 Å². The van der Waals surface area contributed by atoms with E-state index in [9.17, 15) is 13.2 Å². The van der Waals surface area contributed by atoms with E-state index in [0.717, 1.165) is 16.9 Å². The van der Waals surface area contributed by atoms with Crippen molar-refractivity contribution in [3.8, 4) is 11.6 Å². The van der Waals surface area contributed by atoms with Crippen molar-refractivity contribution in [3.63, 3.8) is 0 Å². The lowest BCUT2D eigenvalue weighted by atomic mass is 9.86. The van der Waals surface area contributed by atoms with Gasteiger partial charge in [-0.3, -0.25) is 0 Å². The van der Waals surface area contributed by atoms with Crippen LogP contribution in [0.5, 0.6) is 11.6 Å². The van der Waals surface area contributed by atoms with E-state index in [0.29, 0.717) is 11.4 Å². The Bertz CT molecular complexity index is 1020. The smallest absolute Gasteiger partial charge is 0.434 e. The summed E-state index contributed by atoms with van der Waals surface area (Å²) in [6, 6.07) is 11.0. The molecule has 1 aromatic carbocycles. The molecule has 1 N–H and O–H groups in total. The van der Waals surface area contributed by atoms with E-state index in [2.05, 4.69) is 36.1 Å². The third-order valence-electron chi connectivity index (χ3n) is 4.36. The van der Waals surface area contributed by atoms with Gasteiger partial charge in [0.25, 0.3) is 0 Å². The van der Waals surface area contributed by atoms with Crippen molar-refractivity contribution in [1.29, 1.82) is 0 Å². The van der Waals surface area contributed by atoms with Gasteiger partial charge in [0.2, 0.25) is 5.88 Å². The minimum absolute atomic E-state index is 0.146. The lowest BCUT2D eigenvalue weighted by Gasteiger charge is -2.22. The van der Waals surface area contributed by atoms with Gasteiger partial charge >= 0.3 is 6.18 Å². The van der Waals surface area contributed by atoms with E-state index >= 15 is 0 Å². The minimum atomic E-state index is -4.50. The van der Waals surface area contributed by atoms with Gasteiger partial charge in [0.05, 0.1) is 0 Å². The summed E-state index contributed by atoms with van der Waals surface area (Å²) < 4.78 is 46.2. The predicted molar refractivity (Wildman–Crippen MR) is 114 cm³/mol. The number of aromatic nitrogens is 2. The summed E-state index contributed by atoms with van der Waals surface area (Å²) in [6.45, 7) is 9.67. The van der Waals surface area contributed by atoms with E-state index in [1.807, 2.05) is 24.3 Å². The largest absolute Gasteiger partial charge is 0.437 e. The highest BCUT2D eigenvalue weighted by molar-refractivity contribution is 7.15. The third-order valence-corrected chi connectivity index (χ3v) is 5.63. The highest BCUT2D eigenvalue weighted by Gasteiger charge is 2.38. The highest BCUT2D eigenvalue weighted by Crippen LogP contribution is 2.41. The molecule has 0 saturated heterocycles. The fraction of sp³-hybridized carbons (Fsp3) is 0.364.